The van der Waals surface area contributed by atoms with E-state index in [0.717, 1.165) is 11.3 Å². The Morgan fingerprint density at radius 3 is 2.71 bits per heavy atom. The predicted octanol–water partition coefficient (Wildman–Crippen LogP) is 3.21. The van der Waals surface area contributed by atoms with E-state index in [1.807, 2.05) is 37.3 Å². The molecule has 0 aromatic heterocycles. The van der Waals surface area contributed by atoms with Gasteiger partial charge in [0.05, 0.1) is 16.9 Å². The first kappa shape index (κ1) is 14.8. The van der Waals surface area contributed by atoms with Crippen molar-refractivity contribution in [3.8, 4) is 0 Å². The van der Waals surface area contributed by atoms with Gasteiger partial charge in [0.15, 0.2) is 5.12 Å². The minimum Gasteiger partial charge on any atom is -0.388 e. The van der Waals surface area contributed by atoms with Crippen molar-refractivity contribution in [1.82, 2.24) is 0 Å². The van der Waals surface area contributed by atoms with Gasteiger partial charge < -0.3 is 5.11 Å². The third kappa shape index (κ3) is 2.25. The van der Waals surface area contributed by atoms with Crippen molar-refractivity contribution < 1.29 is 14.7 Å². The van der Waals surface area contributed by atoms with Crippen molar-refractivity contribution in [2.24, 2.45) is 11.3 Å². The first-order chi connectivity index (χ1) is 9.97. The smallest absolute Gasteiger partial charge is 0.199 e. The summed E-state index contributed by atoms with van der Waals surface area (Å²) < 4.78 is 0. The Hall–Kier alpha value is -1.13. The number of benzene rings is 1. The quantitative estimate of drug-likeness (QED) is 0.853. The number of fused-ring (bicyclic) bond motifs is 1. The Kier molecular flexibility index (Phi) is 3.70. The first-order valence-corrected chi connectivity index (χ1v) is 8.31. The van der Waals surface area contributed by atoms with E-state index >= 15 is 0 Å². The molecule has 1 N–H and O–H groups in total. The number of hydrogen-bond donors (Lipinski definition) is 1. The molecule has 21 heavy (non-hydrogen) atoms. The second-order valence-corrected chi connectivity index (χ2v) is 7.44. The van der Waals surface area contributed by atoms with Crippen molar-refractivity contribution in [2.45, 2.75) is 49.5 Å². The van der Waals surface area contributed by atoms with Gasteiger partial charge in [0, 0.05) is 11.3 Å². The molecule has 0 saturated heterocycles. The van der Waals surface area contributed by atoms with E-state index in [1.54, 1.807) is 0 Å². The normalized spacial score (nSPS) is 35.5. The van der Waals surface area contributed by atoms with Crippen LogP contribution < -0.4 is 0 Å². The fraction of sp³-hybridized carbons (Fsp3) is 0.529. The number of hydrogen-bond acceptors (Lipinski definition) is 4. The first-order valence-electron chi connectivity index (χ1n) is 7.50. The Bertz CT molecular complexity index is 571. The molecular formula is C17H20O3S. The molecule has 112 valence electrons. The van der Waals surface area contributed by atoms with E-state index in [4.69, 9.17) is 0 Å². The highest BCUT2D eigenvalue weighted by Gasteiger charge is 2.63. The van der Waals surface area contributed by atoms with Crippen LogP contribution in [-0.4, -0.2) is 21.6 Å². The van der Waals surface area contributed by atoms with Crippen LogP contribution in [-0.2, 0) is 9.59 Å². The molecule has 2 saturated carbocycles. The van der Waals surface area contributed by atoms with Crippen LogP contribution in [0.1, 0.15) is 39.0 Å². The van der Waals surface area contributed by atoms with Crippen molar-refractivity contribution >= 4 is 22.7 Å². The third-order valence-electron chi connectivity index (χ3n) is 5.30. The maximum absolute atomic E-state index is 12.7. The van der Waals surface area contributed by atoms with Gasteiger partial charge in [-0.15, -0.1) is 0 Å². The lowest BCUT2D eigenvalue weighted by molar-refractivity contribution is -0.156. The molecule has 1 aromatic carbocycles. The van der Waals surface area contributed by atoms with Crippen LogP contribution in [0.5, 0.6) is 0 Å². The SMILES string of the molecule is C[C@@]12CCC[C@@H](C(=O)Sc3ccccc3)[C@]1(O)CCC2=O. The molecule has 0 amide bonds. The van der Waals surface area contributed by atoms with E-state index in [2.05, 4.69) is 0 Å². The van der Waals surface area contributed by atoms with Gasteiger partial charge in [0.1, 0.15) is 5.78 Å². The molecule has 0 spiro atoms. The molecule has 2 fully saturated rings. The molecule has 0 unspecified atom stereocenters. The molecule has 3 nitrogen and oxygen atoms in total. The maximum atomic E-state index is 12.7. The molecule has 3 atom stereocenters. The molecule has 2 aliphatic carbocycles. The molecule has 0 heterocycles. The summed E-state index contributed by atoms with van der Waals surface area (Å²) in [4.78, 5) is 25.7. The van der Waals surface area contributed by atoms with E-state index in [9.17, 15) is 14.7 Å². The summed E-state index contributed by atoms with van der Waals surface area (Å²) >= 11 is 1.19. The highest BCUT2D eigenvalue weighted by Crippen LogP contribution is 2.56. The summed E-state index contributed by atoms with van der Waals surface area (Å²) in [6.07, 6.45) is 3.03. The average molecular weight is 304 g/mol. The van der Waals surface area contributed by atoms with Crippen LogP contribution in [0.25, 0.3) is 0 Å². The molecule has 0 radical (unpaired) electrons. The van der Waals surface area contributed by atoms with Crippen LogP contribution >= 0.6 is 11.8 Å². The van der Waals surface area contributed by atoms with E-state index in [-0.39, 0.29) is 10.9 Å². The monoisotopic (exact) mass is 304 g/mol. The van der Waals surface area contributed by atoms with Crippen LogP contribution in [0.4, 0.5) is 0 Å². The standard InChI is InChI=1S/C17H20O3S/c1-16-10-5-8-13(17(16,20)11-9-14(16)18)15(19)21-12-6-3-2-4-7-12/h2-4,6-7,13,20H,5,8-11H2,1H3/t13-,16-,17+/m0/s1. The lowest BCUT2D eigenvalue weighted by Gasteiger charge is -2.46. The van der Waals surface area contributed by atoms with Gasteiger partial charge in [-0.05, 0) is 38.3 Å². The van der Waals surface area contributed by atoms with Gasteiger partial charge >= 0.3 is 0 Å². The molecule has 0 bridgehead atoms. The summed E-state index contributed by atoms with van der Waals surface area (Å²) in [6, 6.07) is 9.50. The third-order valence-corrected chi connectivity index (χ3v) is 6.29. The molecule has 1 aromatic rings. The van der Waals surface area contributed by atoms with Gasteiger partial charge in [0.2, 0.25) is 0 Å². The second kappa shape index (κ2) is 5.25. The number of carbonyl (C=O) groups is 2. The maximum Gasteiger partial charge on any atom is 0.199 e. The second-order valence-electron chi connectivity index (χ2n) is 6.36. The van der Waals surface area contributed by atoms with Crippen molar-refractivity contribution in [1.29, 1.82) is 0 Å². The average Bonchev–Trinajstić information content (AvgIpc) is 2.72. The fourth-order valence-electron chi connectivity index (χ4n) is 3.90. The van der Waals surface area contributed by atoms with Crippen LogP contribution in [0.15, 0.2) is 35.2 Å². The molecule has 4 heteroatoms. The summed E-state index contributed by atoms with van der Waals surface area (Å²) in [5, 5.41) is 11.1. The number of Topliss-reactive ketones (excluding diaryl/α,β-unsaturated/α-hetero) is 1. The minimum atomic E-state index is -1.15. The minimum absolute atomic E-state index is 0.00988. The van der Waals surface area contributed by atoms with Crippen molar-refractivity contribution in [2.75, 3.05) is 0 Å². The van der Waals surface area contributed by atoms with Crippen LogP contribution in [0.3, 0.4) is 0 Å². The topological polar surface area (TPSA) is 54.4 Å². The summed E-state index contributed by atoms with van der Waals surface area (Å²) in [5.41, 5.74) is -1.88. The Labute approximate surface area is 129 Å². The molecule has 2 aliphatic rings. The van der Waals surface area contributed by atoms with Crippen LogP contribution in [0.2, 0.25) is 0 Å². The van der Waals surface area contributed by atoms with Crippen LogP contribution in [0, 0.1) is 11.3 Å². The molecular weight excluding hydrogens is 284 g/mol. The van der Waals surface area contributed by atoms with Crippen molar-refractivity contribution in [3.63, 3.8) is 0 Å². The van der Waals surface area contributed by atoms with Gasteiger partial charge in [-0.2, -0.15) is 0 Å². The van der Waals surface area contributed by atoms with Gasteiger partial charge in [-0.3, -0.25) is 9.59 Å². The number of carbonyl (C=O) groups excluding carboxylic acids is 2. The number of aliphatic hydroxyl groups is 1. The summed E-state index contributed by atoms with van der Waals surface area (Å²) in [7, 11) is 0. The predicted molar refractivity (Wildman–Crippen MR) is 81.9 cm³/mol. The number of thioether (sulfide) groups is 1. The zero-order chi connectivity index (χ0) is 15.1. The van der Waals surface area contributed by atoms with E-state index in [1.165, 1.54) is 11.8 Å². The Balaban J connectivity index is 1.85. The van der Waals surface area contributed by atoms with Gasteiger partial charge in [0.25, 0.3) is 0 Å². The summed E-state index contributed by atoms with van der Waals surface area (Å²) in [6.45, 7) is 1.84. The van der Waals surface area contributed by atoms with Gasteiger partial charge in [-0.25, -0.2) is 0 Å². The lowest BCUT2D eigenvalue weighted by Crippen LogP contribution is -2.55. The fourth-order valence-corrected chi connectivity index (χ4v) is 4.88. The number of ketones is 1. The van der Waals surface area contributed by atoms with E-state index < -0.39 is 16.9 Å². The Morgan fingerprint density at radius 2 is 2.00 bits per heavy atom. The largest absolute Gasteiger partial charge is 0.388 e. The summed E-state index contributed by atoms with van der Waals surface area (Å²) in [5.74, 6) is -0.319. The zero-order valence-electron chi connectivity index (χ0n) is 12.2. The molecule has 0 aliphatic heterocycles. The lowest BCUT2D eigenvalue weighted by atomic mass is 9.61. The number of rotatable bonds is 2. The zero-order valence-corrected chi connectivity index (χ0v) is 13.0. The van der Waals surface area contributed by atoms with Crippen molar-refractivity contribution in [3.05, 3.63) is 30.3 Å². The highest BCUT2D eigenvalue weighted by molar-refractivity contribution is 8.13. The van der Waals surface area contributed by atoms with Gasteiger partial charge in [-0.1, -0.05) is 36.4 Å². The molecule has 3 rings (SSSR count). The Morgan fingerprint density at radius 1 is 1.29 bits per heavy atom. The highest BCUT2D eigenvalue weighted by atomic mass is 32.2. The van der Waals surface area contributed by atoms with E-state index in [0.29, 0.717) is 25.7 Å².